The molecule has 3 aromatic carbocycles. The van der Waals surface area contributed by atoms with Gasteiger partial charge in [-0.1, -0.05) is 54.1 Å². The molecule has 0 aliphatic heterocycles. The molecule has 0 fully saturated rings. The highest BCUT2D eigenvalue weighted by atomic mass is 35.5. The Balaban J connectivity index is 1.60. The van der Waals surface area contributed by atoms with Crippen molar-refractivity contribution in [1.29, 1.82) is 0 Å². The first-order valence-corrected chi connectivity index (χ1v) is 10.5. The smallest absolute Gasteiger partial charge is 0.251 e. The maximum Gasteiger partial charge on any atom is 0.251 e. The van der Waals surface area contributed by atoms with E-state index in [0.29, 0.717) is 5.88 Å². The minimum absolute atomic E-state index is 0.0304. The van der Waals surface area contributed by atoms with Crippen LogP contribution in [0.25, 0.3) is 17.2 Å². The number of carbonyl (C=O) groups is 1. The lowest BCUT2D eigenvalue weighted by molar-refractivity contribution is -0.112. The van der Waals surface area contributed by atoms with Crippen molar-refractivity contribution in [3.63, 3.8) is 0 Å². The molecule has 0 saturated heterocycles. The van der Waals surface area contributed by atoms with Gasteiger partial charge in [-0.05, 0) is 78.3 Å². The Hall–Kier alpha value is -2.84. The van der Waals surface area contributed by atoms with Gasteiger partial charge in [0.05, 0.1) is 0 Å². The summed E-state index contributed by atoms with van der Waals surface area (Å²) < 4.78 is 0. The Kier molecular flexibility index (Phi) is 5.82. The summed E-state index contributed by atoms with van der Waals surface area (Å²) in [6.45, 7) is 2.09. The number of anilines is 1. The molecule has 4 rings (SSSR count). The average molecular weight is 402 g/mol. The van der Waals surface area contributed by atoms with E-state index in [1.165, 1.54) is 22.3 Å². The normalized spacial score (nSPS) is 13.2. The van der Waals surface area contributed by atoms with E-state index in [0.717, 1.165) is 41.6 Å². The van der Waals surface area contributed by atoms with Gasteiger partial charge in [0.2, 0.25) is 0 Å². The van der Waals surface area contributed by atoms with Crippen molar-refractivity contribution in [1.82, 2.24) is 0 Å². The first kappa shape index (κ1) is 19.5. The lowest BCUT2D eigenvalue weighted by Crippen LogP contribution is -2.14. The molecule has 2 nitrogen and oxygen atoms in total. The highest BCUT2D eigenvalue weighted by Crippen LogP contribution is 2.29. The summed E-state index contributed by atoms with van der Waals surface area (Å²) in [5.74, 6) is 0.441. The Morgan fingerprint density at radius 2 is 1.66 bits per heavy atom. The van der Waals surface area contributed by atoms with E-state index in [4.69, 9.17) is 11.6 Å². The maximum atomic E-state index is 12.9. The maximum absolute atomic E-state index is 12.9. The number of fused-ring (bicyclic) bond motifs is 1. The summed E-state index contributed by atoms with van der Waals surface area (Å²) in [5.41, 5.74) is 8.73. The number of alkyl halides is 1. The second-order valence-corrected chi connectivity index (χ2v) is 7.85. The molecule has 0 aromatic heterocycles. The third kappa shape index (κ3) is 4.60. The van der Waals surface area contributed by atoms with Gasteiger partial charge >= 0.3 is 0 Å². The van der Waals surface area contributed by atoms with Crippen molar-refractivity contribution in [2.75, 3.05) is 5.32 Å². The molecule has 0 spiro atoms. The molecule has 0 atom stereocenters. The largest absolute Gasteiger partial charge is 0.322 e. The summed E-state index contributed by atoms with van der Waals surface area (Å²) in [4.78, 5) is 12.9. The van der Waals surface area contributed by atoms with Crippen LogP contribution in [-0.4, -0.2) is 5.91 Å². The van der Waals surface area contributed by atoms with E-state index in [9.17, 15) is 4.79 Å². The standard InChI is InChI=1S/C26H24ClNO/c1-18-5-9-21(10-6-18)22-12-11-20-3-2-4-23(16-24(20)15-22)26(29)28-25-13-7-19(17-27)8-14-25/h5-16H,2-4,17H2,1H3,(H,28,29). The number of hydrogen-bond donors (Lipinski definition) is 1. The second-order valence-electron chi connectivity index (χ2n) is 7.59. The van der Waals surface area contributed by atoms with Gasteiger partial charge in [0, 0.05) is 17.1 Å². The number of halogens is 1. The molecule has 0 unspecified atom stereocenters. The topological polar surface area (TPSA) is 29.1 Å². The van der Waals surface area contributed by atoms with E-state index in [1.807, 2.05) is 24.3 Å². The number of rotatable bonds is 4. The van der Waals surface area contributed by atoms with Gasteiger partial charge in [0.15, 0.2) is 0 Å². The van der Waals surface area contributed by atoms with Crippen molar-refractivity contribution in [3.8, 4) is 11.1 Å². The zero-order valence-corrected chi connectivity index (χ0v) is 17.3. The van der Waals surface area contributed by atoms with Crippen LogP contribution in [0, 0.1) is 6.92 Å². The molecule has 0 bridgehead atoms. The highest BCUT2D eigenvalue weighted by molar-refractivity contribution is 6.17. The van der Waals surface area contributed by atoms with Crippen LogP contribution in [-0.2, 0) is 17.1 Å². The summed E-state index contributed by atoms with van der Waals surface area (Å²) in [7, 11) is 0. The van der Waals surface area contributed by atoms with Gasteiger partial charge in [0.1, 0.15) is 0 Å². The Morgan fingerprint density at radius 3 is 2.38 bits per heavy atom. The molecular formula is C26H24ClNO. The van der Waals surface area contributed by atoms with Gasteiger partial charge in [-0.15, -0.1) is 11.6 Å². The third-order valence-corrected chi connectivity index (χ3v) is 5.72. The van der Waals surface area contributed by atoms with E-state index in [1.54, 1.807) is 0 Å². The predicted molar refractivity (Wildman–Crippen MR) is 122 cm³/mol. The molecule has 146 valence electrons. The van der Waals surface area contributed by atoms with Crippen LogP contribution in [0.2, 0.25) is 0 Å². The number of aryl methyl sites for hydroxylation is 2. The van der Waals surface area contributed by atoms with Crippen molar-refractivity contribution in [2.24, 2.45) is 0 Å². The van der Waals surface area contributed by atoms with Gasteiger partial charge in [-0.2, -0.15) is 0 Å². The zero-order chi connectivity index (χ0) is 20.2. The molecule has 1 aliphatic rings. The van der Waals surface area contributed by atoms with Gasteiger partial charge in [0.25, 0.3) is 5.91 Å². The van der Waals surface area contributed by atoms with Gasteiger partial charge in [-0.25, -0.2) is 0 Å². The molecular weight excluding hydrogens is 378 g/mol. The molecule has 3 heteroatoms. The first-order chi connectivity index (χ1) is 14.1. The van der Waals surface area contributed by atoms with Crippen molar-refractivity contribution >= 4 is 29.3 Å². The Morgan fingerprint density at radius 1 is 0.931 bits per heavy atom. The van der Waals surface area contributed by atoms with E-state index >= 15 is 0 Å². The van der Waals surface area contributed by atoms with Gasteiger partial charge < -0.3 is 5.32 Å². The molecule has 3 aromatic rings. The second kappa shape index (κ2) is 8.67. The quantitative estimate of drug-likeness (QED) is 0.481. The highest BCUT2D eigenvalue weighted by Gasteiger charge is 2.15. The summed E-state index contributed by atoms with van der Waals surface area (Å²) in [5, 5.41) is 3.02. The van der Waals surface area contributed by atoms with Crippen LogP contribution >= 0.6 is 11.6 Å². The molecule has 1 N–H and O–H groups in total. The average Bonchev–Trinajstić information content (AvgIpc) is 2.97. The monoisotopic (exact) mass is 401 g/mol. The van der Waals surface area contributed by atoms with Crippen LogP contribution in [0.1, 0.15) is 35.1 Å². The van der Waals surface area contributed by atoms with Crippen LogP contribution < -0.4 is 5.32 Å². The molecule has 1 amide bonds. The number of benzene rings is 3. The predicted octanol–water partition coefficient (Wildman–Crippen LogP) is 6.76. The van der Waals surface area contributed by atoms with E-state index in [-0.39, 0.29) is 5.91 Å². The Labute approximate surface area is 177 Å². The molecule has 1 aliphatic carbocycles. The summed E-state index contributed by atoms with van der Waals surface area (Å²) >= 11 is 5.84. The minimum atomic E-state index is -0.0304. The fourth-order valence-electron chi connectivity index (χ4n) is 3.68. The number of carbonyl (C=O) groups excluding carboxylic acids is 1. The lowest BCUT2D eigenvalue weighted by Gasteiger charge is -2.09. The summed E-state index contributed by atoms with van der Waals surface area (Å²) in [6.07, 6.45) is 4.80. The van der Waals surface area contributed by atoms with Crippen molar-refractivity contribution in [2.45, 2.75) is 32.1 Å². The number of hydrogen-bond acceptors (Lipinski definition) is 1. The van der Waals surface area contributed by atoms with E-state index in [2.05, 4.69) is 60.8 Å². The van der Waals surface area contributed by atoms with Crippen molar-refractivity contribution in [3.05, 3.63) is 94.6 Å². The fourth-order valence-corrected chi connectivity index (χ4v) is 3.86. The third-order valence-electron chi connectivity index (χ3n) is 5.41. The van der Waals surface area contributed by atoms with Crippen molar-refractivity contribution < 1.29 is 4.79 Å². The number of amides is 1. The van der Waals surface area contributed by atoms with Crippen LogP contribution in [0.3, 0.4) is 0 Å². The number of nitrogens with one attached hydrogen (secondary N) is 1. The van der Waals surface area contributed by atoms with Crippen LogP contribution in [0.5, 0.6) is 0 Å². The van der Waals surface area contributed by atoms with Crippen LogP contribution in [0.4, 0.5) is 5.69 Å². The first-order valence-electron chi connectivity index (χ1n) is 9.99. The SMILES string of the molecule is Cc1ccc(-c2ccc3c(c2)C=C(C(=O)Nc2ccc(CCl)cc2)CCC3)cc1. The molecule has 29 heavy (non-hydrogen) atoms. The minimum Gasteiger partial charge on any atom is -0.322 e. The van der Waals surface area contributed by atoms with Crippen LogP contribution in [0.15, 0.2) is 72.3 Å². The zero-order valence-electron chi connectivity index (χ0n) is 16.5. The molecule has 0 saturated carbocycles. The summed E-state index contributed by atoms with van der Waals surface area (Å²) in [6, 6.07) is 22.8. The van der Waals surface area contributed by atoms with Gasteiger partial charge in [-0.3, -0.25) is 4.79 Å². The lowest BCUT2D eigenvalue weighted by atomic mass is 9.97. The molecule has 0 radical (unpaired) electrons. The fraction of sp³-hybridized carbons (Fsp3) is 0.192. The van der Waals surface area contributed by atoms with E-state index < -0.39 is 0 Å². The Bertz CT molecular complexity index is 1050. The molecule has 0 heterocycles.